The second kappa shape index (κ2) is 13.5. The van der Waals surface area contributed by atoms with Crippen molar-refractivity contribution in [2.75, 3.05) is 26.8 Å². The summed E-state index contributed by atoms with van der Waals surface area (Å²) in [4.78, 5) is 10.5. The van der Waals surface area contributed by atoms with E-state index in [1.165, 1.54) is 19.3 Å². The molecule has 0 saturated heterocycles. The molecule has 0 spiro atoms. The molecule has 0 aliphatic heterocycles. The molecule has 0 unspecified atom stereocenters. The average molecular weight is 244 g/mol. The molecule has 4 heteroatoms. The van der Waals surface area contributed by atoms with E-state index in [1.807, 2.05) is 7.05 Å². The first-order chi connectivity index (χ1) is 8.27. The Labute approximate surface area is 105 Å². The van der Waals surface area contributed by atoms with Gasteiger partial charge in [0.15, 0.2) is 0 Å². The van der Waals surface area contributed by atoms with Crippen LogP contribution in [0.2, 0.25) is 0 Å². The van der Waals surface area contributed by atoms with Crippen molar-refractivity contribution in [3.63, 3.8) is 0 Å². The van der Waals surface area contributed by atoms with E-state index in [2.05, 4.69) is 5.32 Å². The number of nitrogens with one attached hydrogen (secondary N) is 1. The van der Waals surface area contributed by atoms with Crippen molar-refractivity contribution >= 4 is 5.91 Å². The molecule has 0 aromatic carbocycles. The summed E-state index contributed by atoms with van der Waals surface area (Å²) in [5.74, 6) is -0.201. The SMILES string of the molecule is CNCCCCCCOCCCCCC(N)=O. The molecule has 0 atom stereocenters. The number of amides is 1. The predicted molar refractivity (Wildman–Crippen MR) is 70.9 cm³/mol. The third kappa shape index (κ3) is 15.4. The van der Waals surface area contributed by atoms with Crippen LogP contribution in [0.5, 0.6) is 0 Å². The van der Waals surface area contributed by atoms with Crippen molar-refractivity contribution in [3.8, 4) is 0 Å². The van der Waals surface area contributed by atoms with Gasteiger partial charge in [-0.15, -0.1) is 0 Å². The van der Waals surface area contributed by atoms with Crippen LogP contribution in [-0.2, 0) is 9.53 Å². The minimum Gasteiger partial charge on any atom is -0.381 e. The third-order valence-electron chi connectivity index (χ3n) is 2.68. The van der Waals surface area contributed by atoms with Gasteiger partial charge in [-0.05, 0) is 39.3 Å². The molecule has 0 aromatic heterocycles. The highest BCUT2D eigenvalue weighted by molar-refractivity contribution is 5.73. The van der Waals surface area contributed by atoms with Gasteiger partial charge in [0, 0.05) is 19.6 Å². The molecule has 0 saturated carbocycles. The Hall–Kier alpha value is -0.610. The van der Waals surface area contributed by atoms with Crippen molar-refractivity contribution in [2.24, 2.45) is 5.73 Å². The quantitative estimate of drug-likeness (QED) is 0.486. The Bertz CT molecular complexity index is 175. The maximum absolute atomic E-state index is 10.5. The van der Waals surface area contributed by atoms with Crippen LogP contribution in [0.15, 0.2) is 0 Å². The van der Waals surface area contributed by atoms with Gasteiger partial charge in [0.05, 0.1) is 0 Å². The van der Waals surface area contributed by atoms with Crippen LogP contribution >= 0.6 is 0 Å². The molecule has 0 aliphatic carbocycles. The van der Waals surface area contributed by atoms with Gasteiger partial charge in [-0.2, -0.15) is 0 Å². The molecular formula is C13H28N2O2. The Kier molecular flexibility index (Phi) is 13.0. The van der Waals surface area contributed by atoms with E-state index in [9.17, 15) is 4.79 Å². The van der Waals surface area contributed by atoms with E-state index < -0.39 is 0 Å². The highest BCUT2D eigenvalue weighted by Gasteiger charge is 1.95. The average Bonchev–Trinajstić information content (AvgIpc) is 2.30. The first kappa shape index (κ1) is 16.4. The maximum Gasteiger partial charge on any atom is 0.217 e. The molecule has 102 valence electrons. The van der Waals surface area contributed by atoms with Crippen LogP contribution in [0.25, 0.3) is 0 Å². The maximum atomic E-state index is 10.5. The van der Waals surface area contributed by atoms with E-state index in [4.69, 9.17) is 10.5 Å². The lowest BCUT2D eigenvalue weighted by Gasteiger charge is -2.04. The summed E-state index contributed by atoms with van der Waals surface area (Å²) in [5.41, 5.74) is 5.05. The lowest BCUT2D eigenvalue weighted by atomic mass is 10.2. The minimum absolute atomic E-state index is 0.201. The van der Waals surface area contributed by atoms with Crippen molar-refractivity contribution in [1.29, 1.82) is 0 Å². The second-order valence-corrected chi connectivity index (χ2v) is 4.41. The summed E-state index contributed by atoms with van der Waals surface area (Å²) >= 11 is 0. The molecule has 0 fully saturated rings. The van der Waals surface area contributed by atoms with Gasteiger partial charge in [0.2, 0.25) is 5.91 Å². The van der Waals surface area contributed by atoms with Crippen molar-refractivity contribution in [2.45, 2.75) is 51.4 Å². The lowest BCUT2D eigenvalue weighted by molar-refractivity contribution is -0.118. The third-order valence-corrected chi connectivity index (χ3v) is 2.68. The Balaban J connectivity index is 2.91. The van der Waals surface area contributed by atoms with Crippen molar-refractivity contribution in [3.05, 3.63) is 0 Å². The fourth-order valence-electron chi connectivity index (χ4n) is 1.64. The number of hydrogen-bond acceptors (Lipinski definition) is 3. The summed E-state index contributed by atoms with van der Waals surface area (Å²) in [6, 6.07) is 0. The van der Waals surface area contributed by atoms with E-state index in [0.29, 0.717) is 6.42 Å². The fourth-order valence-corrected chi connectivity index (χ4v) is 1.64. The molecule has 3 N–H and O–H groups in total. The Morgan fingerprint density at radius 1 is 1.00 bits per heavy atom. The summed E-state index contributed by atoms with van der Waals surface area (Å²) in [5, 5.41) is 3.14. The Morgan fingerprint density at radius 3 is 2.18 bits per heavy atom. The number of ether oxygens (including phenoxy) is 1. The van der Waals surface area contributed by atoms with Crippen LogP contribution in [-0.4, -0.2) is 32.7 Å². The van der Waals surface area contributed by atoms with Gasteiger partial charge in [0.1, 0.15) is 0 Å². The Morgan fingerprint density at radius 2 is 1.59 bits per heavy atom. The standard InChI is InChI=1S/C13H28N2O2/c1-15-10-6-2-3-7-11-17-12-8-4-5-9-13(14)16/h15H,2-12H2,1H3,(H2,14,16). The van der Waals surface area contributed by atoms with Crippen LogP contribution in [0.1, 0.15) is 51.4 Å². The molecule has 4 nitrogen and oxygen atoms in total. The number of carbonyl (C=O) groups excluding carboxylic acids is 1. The van der Waals surface area contributed by atoms with E-state index in [0.717, 1.165) is 45.4 Å². The molecule has 1 amide bonds. The summed E-state index contributed by atoms with van der Waals surface area (Å²) < 4.78 is 5.52. The number of hydrogen-bond donors (Lipinski definition) is 2. The van der Waals surface area contributed by atoms with Crippen molar-refractivity contribution in [1.82, 2.24) is 5.32 Å². The first-order valence-corrected chi connectivity index (χ1v) is 6.78. The zero-order chi connectivity index (χ0) is 12.8. The van der Waals surface area contributed by atoms with E-state index in [-0.39, 0.29) is 5.91 Å². The molecule has 0 aliphatic rings. The monoisotopic (exact) mass is 244 g/mol. The molecule has 0 rings (SSSR count). The highest BCUT2D eigenvalue weighted by Crippen LogP contribution is 2.02. The van der Waals surface area contributed by atoms with Gasteiger partial charge in [-0.3, -0.25) is 4.79 Å². The summed E-state index contributed by atoms with van der Waals surface area (Å²) in [7, 11) is 1.99. The summed E-state index contributed by atoms with van der Waals surface area (Å²) in [6.07, 6.45) is 8.41. The number of carbonyl (C=O) groups is 1. The normalized spacial score (nSPS) is 10.6. The second-order valence-electron chi connectivity index (χ2n) is 4.41. The van der Waals surface area contributed by atoms with E-state index >= 15 is 0 Å². The molecule has 17 heavy (non-hydrogen) atoms. The predicted octanol–water partition coefficient (Wildman–Crippen LogP) is 1.83. The summed E-state index contributed by atoms with van der Waals surface area (Å²) in [6.45, 7) is 2.80. The molecule has 0 aromatic rings. The molecule has 0 radical (unpaired) electrons. The number of unbranched alkanes of at least 4 members (excludes halogenated alkanes) is 5. The van der Waals surface area contributed by atoms with Gasteiger partial charge < -0.3 is 15.8 Å². The molecule has 0 heterocycles. The van der Waals surface area contributed by atoms with Gasteiger partial charge >= 0.3 is 0 Å². The van der Waals surface area contributed by atoms with Gasteiger partial charge in [0.25, 0.3) is 0 Å². The zero-order valence-corrected chi connectivity index (χ0v) is 11.2. The minimum atomic E-state index is -0.201. The molecular weight excluding hydrogens is 216 g/mol. The van der Waals surface area contributed by atoms with E-state index in [1.54, 1.807) is 0 Å². The number of primary amides is 1. The van der Waals surface area contributed by atoms with Gasteiger partial charge in [-0.25, -0.2) is 0 Å². The van der Waals surface area contributed by atoms with Crippen LogP contribution < -0.4 is 11.1 Å². The highest BCUT2D eigenvalue weighted by atomic mass is 16.5. The first-order valence-electron chi connectivity index (χ1n) is 6.78. The smallest absolute Gasteiger partial charge is 0.217 e. The number of nitrogens with two attached hydrogens (primary N) is 1. The number of rotatable bonds is 13. The van der Waals surface area contributed by atoms with Crippen LogP contribution in [0, 0.1) is 0 Å². The molecule has 0 bridgehead atoms. The van der Waals surface area contributed by atoms with Gasteiger partial charge in [-0.1, -0.05) is 19.3 Å². The fraction of sp³-hybridized carbons (Fsp3) is 0.923. The zero-order valence-electron chi connectivity index (χ0n) is 11.2. The topological polar surface area (TPSA) is 64.3 Å². The largest absolute Gasteiger partial charge is 0.381 e. The van der Waals surface area contributed by atoms with Crippen LogP contribution in [0.3, 0.4) is 0 Å². The van der Waals surface area contributed by atoms with Crippen LogP contribution in [0.4, 0.5) is 0 Å². The lowest BCUT2D eigenvalue weighted by Crippen LogP contribution is -2.09. The van der Waals surface area contributed by atoms with Crippen molar-refractivity contribution < 1.29 is 9.53 Å².